The molecule has 1 heterocycles. The van der Waals surface area contributed by atoms with Gasteiger partial charge in [-0.25, -0.2) is 0 Å². The Bertz CT molecular complexity index is 167. The maximum atomic E-state index is 10.9. The van der Waals surface area contributed by atoms with E-state index in [9.17, 15) is 9.59 Å². The van der Waals surface area contributed by atoms with E-state index in [0.717, 1.165) is 25.8 Å². The molecule has 3 nitrogen and oxygen atoms in total. The summed E-state index contributed by atoms with van der Waals surface area (Å²) in [6.07, 6.45) is 4.71. The summed E-state index contributed by atoms with van der Waals surface area (Å²) in [4.78, 5) is 22.9. The summed E-state index contributed by atoms with van der Waals surface area (Å²) in [6, 6.07) is -0.277. The van der Waals surface area contributed by atoms with E-state index in [1.807, 2.05) is 6.29 Å². The summed E-state index contributed by atoms with van der Waals surface area (Å²) in [5.74, 6) is -0.0157. The van der Waals surface area contributed by atoms with Crippen LogP contribution in [-0.2, 0) is 9.59 Å². The van der Waals surface area contributed by atoms with Gasteiger partial charge in [0.25, 0.3) is 0 Å². The summed E-state index contributed by atoms with van der Waals surface area (Å²) in [6.45, 7) is 2.21. The second-order valence-electron chi connectivity index (χ2n) is 2.84. The van der Waals surface area contributed by atoms with Crippen LogP contribution in [0.25, 0.3) is 0 Å². The first-order chi connectivity index (χ1) is 5.25. The number of hydrogen-bond acceptors (Lipinski definition) is 2. The van der Waals surface area contributed by atoms with Crippen molar-refractivity contribution in [1.29, 1.82) is 0 Å². The Hall–Kier alpha value is -0.860. The van der Waals surface area contributed by atoms with Crippen LogP contribution in [0, 0.1) is 0 Å². The minimum atomic E-state index is -0.277. The third kappa shape index (κ3) is 1.79. The molecule has 0 bridgehead atoms. The Morgan fingerprint density at radius 3 is 2.73 bits per heavy atom. The molecule has 0 aromatic heterocycles. The second-order valence-corrected chi connectivity index (χ2v) is 2.84. The van der Waals surface area contributed by atoms with Crippen LogP contribution in [0.15, 0.2) is 0 Å². The molecule has 61 valence electrons. The molecular weight excluding hydrogens is 142 g/mol. The fraction of sp³-hybridized carbons (Fsp3) is 0.750. The van der Waals surface area contributed by atoms with Crippen molar-refractivity contribution in [3.63, 3.8) is 0 Å². The average molecular weight is 154 g/mol. The van der Waals surface area contributed by atoms with Crippen molar-refractivity contribution in [2.75, 3.05) is 6.54 Å². The molecule has 0 saturated carbocycles. The third-order valence-corrected chi connectivity index (χ3v) is 2.04. The van der Waals surface area contributed by atoms with Gasteiger partial charge >= 0.3 is 0 Å². The maximum Gasteiger partial charge on any atom is 0.223 e. The minimum Gasteiger partial charge on any atom is -0.332 e. The van der Waals surface area contributed by atoms with Gasteiger partial charge in [-0.1, -0.05) is 0 Å². The molecule has 3 heteroatoms. The molecule has 1 radical (unpaired) electrons. The number of carbonyl (C=O) groups excluding carboxylic acids is 2. The highest BCUT2D eigenvalue weighted by Crippen LogP contribution is 2.14. The number of hydrogen-bond donors (Lipinski definition) is 0. The van der Waals surface area contributed by atoms with Crippen LogP contribution < -0.4 is 0 Å². The van der Waals surface area contributed by atoms with Crippen LogP contribution in [0.1, 0.15) is 26.2 Å². The van der Waals surface area contributed by atoms with Gasteiger partial charge in [0.2, 0.25) is 12.2 Å². The Morgan fingerprint density at radius 2 is 2.27 bits per heavy atom. The van der Waals surface area contributed by atoms with E-state index in [1.165, 1.54) is 6.92 Å². The van der Waals surface area contributed by atoms with Crippen LogP contribution in [0.4, 0.5) is 0 Å². The smallest absolute Gasteiger partial charge is 0.223 e. The molecular formula is C8H12NO2. The molecule has 1 fully saturated rings. The lowest BCUT2D eigenvalue weighted by atomic mass is 10.0. The summed E-state index contributed by atoms with van der Waals surface area (Å²) in [7, 11) is 0. The van der Waals surface area contributed by atoms with Crippen molar-refractivity contribution in [3.8, 4) is 0 Å². The Kier molecular flexibility index (Phi) is 2.63. The number of carbonyl (C=O) groups is 1. The average Bonchev–Trinajstić information content (AvgIpc) is 2.04. The van der Waals surface area contributed by atoms with E-state index >= 15 is 0 Å². The largest absolute Gasteiger partial charge is 0.332 e. The lowest BCUT2D eigenvalue weighted by molar-refractivity contribution is -0.130. The van der Waals surface area contributed by atoms with Crippen molar-refractivity contribution in [3.05, 3.63) is 0 Å². The monoisotopic (exact) mass is 154 g/mol. The van der Waals surface area contributed by atoms with Gasteiger partial charge in [0.05, 0.1) is 6.04 Å². The van der Waals surface area contributed by atoms with Crippen LogP contribution in [0.5, 0.6) is 0 Å². The molecule has 11 heavy (non-hydrogen) atoms. The van der Waals surface area contributed by atoms with Gasteiger partial charge in [-0.05, 0) is 19.3 Å². The Labute approximate surface area is 66.4 Å². The highest BCUT2D eigenvalue weighted by molar-refractivity contribution is 5.77. The predicted molar refractivity (Wildman–Crippen MR) is 40.7 cm³/mol. The summed E-state index contributed by atoms with van der Waals surface area (Å²) < 4.78 is 0. The Morgan fingerprint density at radius 1 is 1.55 bits per heavy atom. The molecule has 0 N–H and O–H groups in total. The van der Waals surface area contributed by atoms with Crippen molar-refractivity contribution < 1.29 is 9.59 Å². The highest BCUT2D eigenvalue weighted by atomic mass is 16.2. The van der Waals surface area contributed by atoms with Crippen LogP contribution in [-0.4, -0.2) is 29.7 Å². The van der Waals surface area contributed by atoms with Crippen molar-refractivity contribution in [1.82, 2.24) is 4.90 Å². The first kappa shape index (κ1) is 8.24. The third-order valence-electron chi connectivity index (χ3n) is 2.04. The molecule has 1 unspecified atom stereocenters. The lowest BCUT2D eigenvalue weighted by Crippen LogP contribution is -2.43. The number of piperidine rings is 1. The first-order valence-electron chi connectivity index (χ1n) is 3.90. The number of likely N-dealkylation sites (tertiary alicyclic amines) is 1. The van der Waals surface area contributed by atoms with Crippen LogP contribution in [0.2, 0.25) is 0 Å². The molecule has 1 atom stereocenters. The molecule has 1 aliphatic rings. The van der Waals surface area contributed by atoms with E-state index in [0.29, 0.717) is 0 Å². The number of nitrogens with zero attached hydrogens (tertiary/aromatic N) is 1. The van der Waals surface area contributed by atoms with Crippen molar-refractivity contribution in [2.24, 2.45) is 0 Å². The topological polar surface area (TPSA) is 37.4 Å². The van der Waals surface area contributed by atoms with E-state index in [2.05, 4.69) is 0 Å². The number of rotatable bonds is 1. The van der Waals surface area contributed by atoms with E-state index < -0.39 is 0 Å². The second kappa shape index (κ2) is 3.51. The number of amides is 1. The summed E-state index contributed by atoms with van der Waals surface area (Å²) in [5, 5.41) is 0. The standard InChI is InChI=1S/C8H12NO2/c1-7(11)9-5-3-2-4-8(9)6-10/h8H,2-5H2,1H3. The zero-order valence-corrected chi connectivity index (χ0v) is 6.67. The zero-order valence-electron chi connectivity index (χ0n) is 6.67. The molecule has 0 aliphatic carbocycles. The van der Waals surface area contributed by atoms with E-state index in [4.69, 9.17) is 0 Å². The highest BCUT2D eigenvalue weighted by Gasteiger charge is 2.23. The fourth-order valence-corrected chi connectivity index (χ4v) is 1.43. The van der Waals surface area contributed by atoms with Crippen LogP contribution >= 0.6 is 0 Å². The molecule has 1 rings (SSSR count). The lowest BCUT2D eigenvalue weighted by Gasteiger charge is -2.30. The van der Waals surface area contributed by atoms with Gasteiger partial charge in [-0.15, -0.1) is 0 Å². The van der Waals surface area contributed by atoms with Gasteiger partial charge in [-0.3, -0.25) is 9.59 Å². The van der Waals surface area contributed by atoms with Gasteiger partial charge in [0, 0.05) is 13.5 Å². The SMILES string of the molecule is CC(=O)N1CCCCC1[C]=O. The van der Waals surface area contributed by atoms with Crippen molar-refractivity contribution in [2.45, 2.75) is 32.2 Å². The van der Waals surface area contributed by atoms with Gasteiger partial charge in [0.15, 0.2) is 0 Å². The van der Waals surface area contributed by atoms with E-state index in [1.54, 1.807) is 4.90 Å². The van der Waals surface area contributed by atoms with Gasteiger partial charge < -0.3 is 4.90 Å². The molecule has 1 amide bonds. The van der Waals surface area contributed by atoms with E-state index in [-0.39, 0.29) is 11.9 Å². The maximum absolute atomic E-state index is 10.9. The van der Waals surface area contributed by atoms with Crippen molar-refractivity contribution >= 4 is 12.2 Å². The predicted octanol–water partition coefficient (Wildman–Crippen LogP) is 0.497. The Balaban J connectivity index is 2.58. The molecule has 1 saturated heterocycles. The summed E-state index contributed by atoms with van der Waals surface area (Å²) >= 11 is 0. The molecule has 0 aromatic rings. The first-order valence-corrected chi connectivity index (χ1v) is 3.90. The molecule has 1 aliphatic heterocycles. The molecule has 0 aromatic carbocycles. The van der Waals surface area contributed by atoms with Gasteiger partial charge in [0.1, 0.15) is 0 Å². The quantitative estimate of drug-likeness (QED) is 0.551. The summed E-state index contributed by atoms with van der Waals surface area (Å²) in [5.41, 5.74) is 0. The minimum absolute atomic E-state index is 0.0157. The molecule has 0 spiro atoms. The fourth-order valence-electron chi connectivity index (χ4n) is 1.43. The normalized spacial score (nSPS) is 24.8. The zero-order chi connectivity index (χ0) is 8.27. The van der Waals surface area contributed by atoms with Crippen LogP contribution in [0.3, 0.4) is 0 Å². The van der Waals surface area contributed by atoms with Gasteiger partial charge in [-0.2, -0.15) is 0 Å².